The van der Waals surface area contributed by atoms with E-state index in [9.17, 15) is 0 Å². The summed E-state index contributed by atoms with van der Waals surface area (Å²) in [6.45, 7) is 6.88. The first-order valence-electron chi connectivity index (χ1n) is 10.8. The molecule has 2 aromatic carbocycles. The smallest absolute Gasteiger partial charge is 0.0146 e. The van der Waals surface area contributed by atoms with E-state index in [1.165, 1.54) is 82.4 Å². The van der Waals surface area contributed by atoms with Gasteiger partial charge in [0.15, 0.2) is 0 Å². The maximum atomic E-state index is 2.52. The topological polar surface area (TPSA) is 0 Å². The summed E-state index contributed by atoms with van der Waals surface area (Å²) in [5, 5.41) is 3.06. The molecule has 0 aliphatic carbocycles. The number of fused-ring (bicyclic) bond motifs is 1. The van der Waals surface area contributed by atoms with Crippen molar-refractivity contribution in [2.75, 3.05) is 0 Å². The summed E-state index contributed by atoms with van der Waals surface area (Å²) in [5.41, 5.74) is 4.73. The lowest BCUT2D eigenvalue weighted by atomic mass is 9.91. The standard InChI is InChI=1S/C25H38/c1-4-7-10-14-21-19-23(16-12-9-6-3)24-18-13-17-22(25(24)20-21)15-11-8-5-2/h13,17-20H,4-12,14-16H2,1-3H3. The first-order valence-corrected chi connectivity index (χ1v) is 10.8. The lowest BCUT2D eigenvalue weighted by Crippen LogP contribution is -1.96. The van der Waals surface area contributed by atoms with Gasteiger partial charge in [-0.3, -0.25) is 0 Å². The molecule has 0 aromatic heterocycles. The van der Waals surface area contributed by atoms with Crippen molar-refractivity contribution < 1.29 is 0 Å². The summed E-state index contributed by atoms with van der Waals surface area (Å²) >= 11 is 0. The molecule has 0 saturated carbocycles. The Morgan fingerprint density at radius 2 is 1.16 bits per heavy atom. The molecule has 0 aliphatic rings. The van der Waals surface area contributed by atoms with E-state index in [4.69, 9.17) is 0 Å². The molecule has 2 aromatic rings. The number of unbranched alkanes of at least 4 members (excludes halogenated alkanes) is 6. The van der Waals surface area contributed by atoms with Crippen LogP contribution in [0.2, 0.25) is 0 Å². The first kappa shape index (κ1) is 20.0. The molecular weight excluding hydrogens is 300 g/mol. The normalized spacial score (nSPS) is 11.3. The minimum Gasteiger partial charge on any atom is -0.0654 e. The van der Waals surface area contributed by atoms with Gasteiger partial charge >= 0.3 is 0 Å². The predicted octanol–water partition coefficient (Wildman–Crippen LogP) is 8.04. The van der Waals surface area contributed by atoms with Crippen molar-refractivity contribution in [1.82, 2.24) is 0 Å². The fraction of sp³-hybridized carbons (Fsp3) is 0.600. The Morgan fingerprint density at radius 3 is 1.80 bits per heavy atom. The van der Waals surface area contributed by atoms with Crippen molar-refractivity contribution in [3.63, 3.8) is 0 Å². The van der Waals surface area contributed by atoms with Crippen LogP contribution in [0.5, 0.6) is 0 Å². The predicted molar refractivity (Wildman–Crippen MR) is 114 cm³/mol. The number of aryl methyl sites for hydroxylation is 3. The minimum absolute atomic E-state index is 1.23. The van der Waals surface area contributed by atoms with Crippen molar-refractivity contribution in [3.05, 3.63) is 47.0 Å². The molecule has 0 saturated heterocycles. The second-order valence-corrected chi connectivity index (χ2v) is 7.64. The van der Waals surface area contributed by atoms with Gasteiger partial charge in [0.1, 0.15) is 0 Å². The summed E-state index contributed by atoms with van der Waals surface area (Å²) in [5.74, 6) is 0. The van der Waals surface area contributed by atoms with Crippen LogP contribution in [0, 0.1) is 0 Å². The van der Waals surface area contributed by atoms with E-state index < -0.39 is 0 Å². The number of benzene rings is 2. The molecule has 0 atom stereocenters. The van der Waals surface area contributed by atoms with E-state index in [1.807, 2.05) is 0 Å². The zero-order valence-electron chi connectivity index (χ0n) is 16.9. The molecule has 0 amide bonds. The van der Waals surface area contributed by atoms with Gasteiger partial charge < -0.3 is 0 Å². The van der Waals surface area contributed by atoms with Gasteiger partial charge in [0, 0.05) is 0 Å². The molecule has 0 heterocycles. The fourth-order valence-corrected chi connectivity index (χ4v) is 3.87. The molecule has 25 heavy (non-hydrogen) atoms. The van der Waals surface area contributed by atoms with Crippen LogP contribution in [0.4, 0.5) is 0 Å². The summed E-state index contributed by atoms with van der Waals surface area (Å²) < 4.78 is 0. The van der Waals surface area contributed by atoms with Gasteiger partial charge in [-0.2, -0.15) is 0 Å². The molecule has 2 rings (SSSR count). The Labute approximate surface area is 156 Å². The highest BCUT2D eigenvalue weighted by Crippen LogP contribution is 2.28. The molecule has 0 heteroatoms. The van der Waals surface area contributed by atoms with E-state index in [0.717, 1.165) is 0 Å². The van der Waals surface area contributed by atoms with Crippen molar-refractivity contribution in [2.24, 2.45) is 0 Å². The molecule has 0 radical (unpaired) electrons. The zero-order valence-corrected chi connectivity index (χ0v) is 16.9. The Morgan fingerprint density at radius 1 is 0.560 bits per heavy atom. The summed E-state index contributed by atoms with van der Waals surface area (Å²) in [4.78, 5) is 0. The summed E-state index contributed by atoms with van der Waals surface area (Å²) in [6.07, 6.45) is 15.6. The monoisotopic (exact) mass is 338 g/mol. The molecule has 0 bridgehead atoms. The van der Waals surface area contributed by atoms with Crippen LogP contribution in [0.1, 0.15) is 95.2 Å². The van der Waals surface area contributed by atoms with Crippen LogP contribution in [-0.2, 0) is 19.3 Å². The third-order valence-electron chi connectivity index (χ3n) is 5.40. The average Bonchev–Trinajstić information content (AvgIpc) is 2.63. The third kappa shape index (κ3) is 6.17. The van der Waals surface area contributed by atoms with Crippen LogP contribution in [-0.4, -0.2) is 0 Å². The van der Waals surface area contributed by atoms with Crippen molar-refractivity contribution in [3.8, 4) is 0 Å². The van der Waals surface area contributed by atoms with E-state index >= 15 is 0 Å². The van der Waals surface area contributed by atoms with Gasteiger partial charge in [-0.1, -0.05) is 89.6 Å². The Balaban J connectivity index is 2.31. The molecule has 138 valence electrons. The molecule has 0 unspecified atom stereocenters. The molecule has 0 spiro atoms. The molecular formula is C25H38. The first-order chi connectivity index (χ1) is 12.3. The summed E-state index contributed by atoms with van der Waals surface area (Å²) in [7, 11) is 0. The van der Waals surface area contributed by atoms with Gasteiger partial charge in [0.2, 0.25) is 0 Å². The Bertz CT molecular complexity index is 623. The van der Waals surface area contributed by atoms with E-state index in [1.54, 1.807) is 22.1 Å². The van der Waals surface area contributed by atoms with Crippen LogP contribution in [0.25, 0.3) is 10.8 Å². The van der Waals surface area contributed by atoms with Crippen molar-refractivity contribution in [2.45, 2.75) is 97.8 Å². The fourth-order valence-electron chi connectivity index (χ4n) is 3.87. The number of hydrogen-bond acceptors (Lipinski definition) is 0. The lowest BCUT2D eigenvalue weighted by Gasteiger charge is -2.14. The second-order valence-electron chi connectivity index (χ2n) is 7.64. The van der Waals surface area contributed by atoms with E-state index in [0.29, 0.717) is 0 Å². The van der Waals surface area contributed by atoms with Crippen LogP contribution >= 0.6 is 0 Å². The maximum absolute atomic E-state index is 2.52. The average molecular weight is 339 g/mol. The quantitative estimate of drug-likeness (QED) is 0.343. The van der Waals surface area contributed by atoms with Gasteiger partial charge in [0.25, 0.3) is 0 Å². The van der Waals surface area contributed by atoms with Crippen LogP contribution < -0.4 is 0 Å². The van der Waals surface area contributed by atoms with Gasteiger partial charge in [-0.15, -0.1) is 0 Å². The van der Waals surface area contributed by atoms with Gasteiger partial charge in [-0.05, 0) is 66.0 Å². The highest BCUT2D eigenvalue weighted by Gasteiger charge is 2.08. The highest BCUT2D eigenvalue weighted by atomic mass is 14.1. The molecule has 0 fully saturated rings. The lowest BCUT2D eigenvalue weighted by molar-refractivity contribution is 0.710. The molecule has 0 aliphatic heterocycles. The largest absolute Gasteiger partial charge is 0.0654 e. The molecule has 0 N–H and O–H groups in total. The number of rotatable bonds is 12. The zero-order chi connectivity index (χ0) is 17.9. The third-order valence-corrected chi connectivity index (χ3v) is 5.40. The van der Waals surface area contributed by atoms with Crippen LogP contribution in [0.3, 0.4) is 0 Å². The van der Waals surface area contributed by atoms with Crippen molar-refractivity contribution in [1.29, 1.82) is 0 Å². The summed E-state index contributed by atoms with van der Waals surface area (Å²) in [6, 6.07) is 12.0. The van der Waals surface area contributed by atoms with Crippen LogP contribution in [0.15, 0.2) is 30.3 Å². The Hall–Kier alpha value is -1.30. The minimum atomic E-state index is 1.23. The number of hydrogen-bond donors (Lipinski definition) is 0. The SMILES string of the molecule is CCCCCc1cc(CCCCC)c2cccc(CCCCC)c2c1. The van der Waals surface area contributed by atoms with Gasteiger partial charge in [-0.25, -0.2) is 0 Å². The van der Waals surface area contributed by atoms with Crippen molar-refractivity contribution >= 4 is 10.8 Å². The van der Waals surface area contributed by atoms with Gasteiger partial charge in [0.05, 0.1) is 0 Å². The second kappa shape index (κ2) is 11.3. The Kier molecular flexibility index (Phi) is 9.08. The molecule has 0 nitrogen and oxygen atoms in total. The van der Waals surface area contributed by atoms with E-state index in [-0.39, 0.29) is 0 Å². The maximum Gasteiger partial charge on any atom is -0.0146 e. The van der Waals surface area contributed by atoms with E-state index in [2.05, 4.69) is 51.1 Å². The highest BCUT2D eigenvalue weighted by molar-refractivity contribution is 5.89.